The van der Waals surface area contributed by atoms with Gasteiger partial charge in [0.2, 0.25) is 11.8 Å². The number of carbonyl (C=O) groups excluding carboxylic acids is 1. The summed E-state index contributed by atoms with van der Waals surface area (Å²) in [7, 11) is 0. The normalized spacial score (nSPS) is 15.8. The fourth-order valence-corrected chi connectivity index (χ4v) is 2.70. The molecule has 1 aliphatic heterocycles. The molecule has 0 spiro atoms. The van der Waals surface area contributed by atoms with Crippen LogP contribution in [-0.2, 0) is 28.7 Å². The smallest absolute Gasteiger partial charge is 0.381 e. The van der Waals surface area contributed by atoms with Gasteiger partial charge in [0.1, 0.15) is 0 Å². The Morgan fingerprint density at radius 1 is 1.19 bits per heavy atom. The third-order valence-corrected chi connectivity index (χ3v) is 4.15. The molecule has 3 rings (SSSR count). The second kappa shape index (κ2) is 7.86. The maximum atomic E-state index is 12.5. The second-order valence-electron chi connectivity index (χ2n) is 6.08. The van der Waals surface area contributed by atoms with Crippen LogP contribution in [0.2, 0.25) is 0 Å². The number of hydrogen-bond acceptors (Lipinski definition) is 5. The molecule has 0 radical (unpaired) electrons. The molecule has 1 N–H and O–H groups in total. The van der Waals surface area contributed by atoms with Gasteiger partial charge in [-0.3, -0.25) is 4.79 Å². The first-order chi connectivity index (χ1) is 12.4. The summed E-state index contributed by atoms with van der Waals surface area (Å²) in [4.78, 5) is 16.2. The number of halogens is 3. The fourth-order valence-electron chi connectivity index (χ4n) is 2.70. The lowest BCUT2D eigenvalue weighted by Crippen LogP contribution is -2.24. The van der Waals surface area contributed by atoms with E-state index in [-0.39, 0.29) is 24.8 Å². The highest BCUT2D eigenvalue weighted by Crippen LogP contribution is 2.29. The monoisotopic (exact) mass is 369 g/mol. The van der Waals surface area contributed by atoms with Crippen molar-refractivity contribution in [2.75, 3.05) is 13.2 Å². The van der Waals surface area contributed by atoms with Gasteiger partial charge in [-0.1, -0.05) is 17.3 Å². The predicted octanol–water partition coefficient (Wildman–Crippen LogP) is 2.84. The summed E-state index contributed by atoms with van der Waals surface area (Å²) in [5, 5.41) is 6.56. The van der Waals surface area contributed by atoms with Crippen molar-refractivity contribution >= 4 is 5.91 Å². The number of benzene rings is 1. The molecule has 140 valence electrons. The lowest BCUT2D eigenvalue weighted by molar-refractivity contribution is -0.137. The van der Waals surface area contributed by atoms with E-state index in [9.17, 15) is 18.0 Å². The van der Waals surface area contributed by atoms with Crippen molar-refractivity contribution in [1.29, 1.82) is 0 Å². The highest BCUT2D eigenvalue weighted by molar-refractivity contribution is 5.78. The lowest BCUT2D eigenvalue weighted by Gasteiger charge is -2.18. The zero-order valence-corrected chi connectivity index (χ0v) is 13.9. The van der Waals surface area contributed by atoms with Gasteiger partial charge in [0.25, 0.3) is 0 Å². The van der Waals surface area contributed by atoms with Gasteiger partial charge in [0.05, 0.1) is 18.5 Å². The van der Waals surface area contributed by atoms with Crippen molar-refractivity contribution in [3.63, 3.8) is 0 Å². The molecule has 1 saturated heterocycles. The van der Waals surface area contributed by atoms with Crippen LogP contribution in [0.15, 0.2) is 28.8 Å². The lowest BCUT2D eigenvalue weighted by atomic mass is 10.00. The maximum Gasteiger partial charge on any atom is 0.416 e. The topological polar surface area (TPSA) is 77.2 Å². The summed E-state index contributed by atoms with van der Waals surface area (Å²) in [6, 6.07) is 4.50. The number of nitrogens with one attached hydrogen (secondary N) is 1. The minimum atomic E-state index is -4.39. The second-order valence-corrected chi connectivity index (χ2v) is 6.08. The number of rotatable bonds is 5. The number of nitrogens with zero attached hydrogens (tertiary/aromatic N) is 2. The van der Waals surface area contributed by atoms with Gasteiger partial charge in [0.15, 0.2) is 5.82 Å². The van der Waals surface area contributed by atoms with E-state index in [1.165, 1.54) is 12.1 Å². The van der Waals surface area contributed by atoms with Gasteiger partial charge in [-0.25, -0.2) is 0 Å². The summed E-state index contributed by atoms with van der Waals surface area (Å²) >= 11 is 0. The Bertz CT molecular complexity index is 738. The van der Waals surface area contributed by atoms with E-state index in [0.29, 0.717) is 30.5 Å². The molecule has 0 bridgehead atoms. The van der Waals surface area contributed by atoms with Crippen LogP contribution in [0.25, 0.3) is 0 Å². The van der Waals surface area contributed by atoms with E-state index < -0.39 is 11.7 Å². The molecule has 0 aliphatic carbocycles. The van der Waals surface area contributed by atoms with Crippen molar-refractivity contribution in [1.82, 2.24) is 15.5 Å². The number of hydrogen-bond donors (Lipinski definition) is 1. The van der Waals surface area contributed by atoms with Crippen LogP contribution in [0.1, 0.15) is 41.6 Å². The van der Waals surface area contributed by atoms with Gasteiger partial charge in [0, 0.05) is 19.1 Å². The maximum absolute atomic E-state index is 12.5. The van der Waals surface area contributed by atoms with Gasteiger partial charge in [-0.15, -0.1) is 0 Å². The Kier molecular flexibility index (Phi) is 5.55. The Morgan fingerprint density at radius 3 is 2.54 bits per heavy atom. The zero-order valence-electron chi connectivity index (χ0n) is 13.9. The van der Waals surface area contributed by atoms with E-state index in [2.05, 4.69) is 15.5 Å². The highest BCUT2D eigenvalue weighted by atomic mass is 19.4. The molecular formula is C17H18F3N3O3. The molecule has 2 aromatic rings. The third-order valence-electron chi connectivity index (χ3n) is 4.15. The number of alkyl halides is 3. The fraction of sp³-hybridized carbons (Fsp3) is 0.471. The molecule has 1 fully saturated rings. The minimum Gasteiger partial charge on any atom is -0.381 e. The van der Waals surface area contributed by atoms with Gasteiger partial charge in [-0.05, 0) is 30.5 Å². The van der Waals surface area contributed by atoms with Crippen molar-refractivity contribution in [3.05, 3.63) is 47.1 Å². The SMILES string of the molecule is O=C(Cc1ccc(C(F)(F)F)cc1)NCc1nc(C2CCOCC2)no1. The Morgan fingerprint density at radius 2 is 1.88 bits per heavy atom. The average molecular weight is 369 g/mol. The first kappa shape index (κ1) is 18.4. The number of aromatic nitrogens is 2. The van der Waals surface area contributed by atoms with E-state index in [1.54, 1.807) is 0 Å². The van der Waals surface area contributed by atoms with E-state index in [4.69, 9.17) is 9.26 Å². The van der Waals surface area contributed by atoms with Crippen LogP contribution in [0, 0.1) is 0 Å². The largest absolute Gasteiger partial charge is 0.416 e. The number of amides is 1. The molecule has 9 heteroatoms. The molecule has 1 aromatic heterocycles. The molecular weight excluding hydrogens is 351 g/mol. The van der Waals surface area contributed by atoms with Gasteiger partial charge < -0.3 is 14.6 Å². The first-order valence-corrected chi connectivity index (χ1v) is 8.25. The summed E-state index contributed by atoms with van der Waals surface area (Å²) in [5.41, 5.74) is -0.253. The Labute approximate surface area is 147 Å². The van der Waals surface area contributed by atoms with Crippen molar-refractivity contribution in [3.8, 4) is 0 Å². The highest BCUT2D eigenvalue weighted by Gasteiger charge is 2.30. The Hall–Kier alpha value is -2.42. The first-order valence-electron chi connectivity index (χ1n) is 8.25. The van der Waals surface area contributed by atoms with Crippen molar-refractivity contribution in [2.45, 2.75) is 37.9 Å². The molecule has 26 heavy (non-hydrogen) atoms. The summed E-state index contributed by atoms with van der Waals surface area (Å²) in [6.45, 7) is 1.41. The molecule has 0 atom stereocenters. The standard InChI is InChI=1S/C17H18F3N3O3/c18-17(19,20)13-3-1-11(2-4-13)9-14(24)21-10-15-22-16(23-26-15)12-5-7-25-8-6-12/h1-4,12H,5-10H2,(H,21,24). The van der Waals surface area contributed by atoms with Crippen LogP contribution in [0.4, 0.5) is 13.2 Å². The molecule has 1 amide bonds. The summed E-state index contributed by atoms with van der Waals surface area (Å²) < 4.78 is 48.0. The molecule has 2 heterocycles. The molecule has 6 nitrogen and oxygen atoms in total. The van der Waals surface area contributed by atoms with Crippen molar-refractivity contribution < 1.29 is 27.2 Å². The number of ether oxygens (including phenoxy) is 1. The quantitative estimate of drug-likeness (QED) is 0.877. The Balaban J connectivity index is 1.49. The van der Waals surface area contributed by atoms with Crippen LogP contribution in [0.3, 0.4) is 0 Å². The molecule has 1 aromatic carbocycles. The molecule has 0 saturated carbocycles. The van der Waals surface area contributed by atoms with Gasteiger partial charge in [-0.2, -0.15) is 18.2 Å². The van der Waals surface area contributed by atoms with E-state index >= 15 is 0 Å². The van der Waals surface area contributed by atoms with Gasteiger partial charge >= 0.3 is 6.18 Å². The average Bonchev–Trinajstić information content (AvgIpc) is 3.09. The van der Waals surface area contributed by atoms with Crippen LogP contribution in [0.5, 0.6) is 0 Å². The van der Waals surface area contributed by atoms with E-state index in [1.807, 2.05) is 0 Å². The summed E-state index contributed by atoms with van der Waals surface area (Å²) in [5.74, 6) is 0.771. The number of carbonyl (C=O) groups is 1. The van der Waals surface area contributed by atoms with Crippen LogP contribution >= 0.6 is 0 Å². The minimum absolute atomic E-state index is 0.0287. The molecule has 1 aliphatic rings. The summed E-state index contributed by atoms with van der Waals surface area (Å²) in [6.07, 6.45) is -2.75. The predicted molar refractivity (Wildman–Crippen MR) is 84.1 cm³/mol. The van der Waals surface area contributed by atoms with E-state index in [0.717, 1.165) is 25.0 Å². The molecule has 0 unspecified atom stereocenters. The van der Waals surface area contributed by atoms with Crippen LogP contribution in [-0.4, -0.2) is 29.3 Å². The van der Waals surface area contributed by atoms with Crippen molar-refractivity contribution in [2.24, 2.45) is 0 Å². The third kappa shape index (κ3) is 4.81. The zero-order chi connectivity index (χ0) is 18.6. The van der Waals surface area contributed by atoms with Crippen LogP contribution < -0.4 is 5.32 Å².